The minimum Gasteiger partial charge on any atom is -0.493 e. The molecular formula is C16H23BrN2O. The van der Waals surface area contributed by atoms with E-state index in [2.05, 4.69) is 44.3 Å². The highest BCUT2D eigenvalue weighted by molar-refractivity contribution is 9.10. The van der Waals surface area contributed by atoms with Gasteiger partial charge in [-0.25, -0.2) is 0 Å². The molecule has 1 aliphatic carbocycles. The fourth-order valence-corrected chi connectivity index (χ4v) is 3.32. The number of halogens is 1. The summed E-state index contributed by atoms with van der Waals surface area (Å²) in [5.74, 6) is 1.79. The summed E-state index contributed by atoms with van der Waals surface area (Å²) in [5.41, 5.74) is 1.34. The molecule has 0 amide bonds. The van der Waals surface area contributed by atoms with Gasteiger partial charge in [-0.15, -0.1) is 0 Å². The first-order valence-corrected chi connectivity index (χ1v) is 8.44. The van der Waals surface area contributed by atoms with Crippen molar-refractivity contribution in [2.45, 2.75) is 25.8 Å². The lowest BCUT2D eigenvalue weighted by molar-refractivity contribution is 0.180. The van der Waals surface area contributed by atoms with Crippen LogP contribution in [0.5, 0.6) is 5.75 Å². The van der Waals surface area contributed by atoms with Gasteiger partial charge in [-0.05, 0) is 42.5 Å². The zero-order valence-electron chi connectivity index (χ0n) is 11.9. The molecule has 3 nitrogen and oxygen atoms in total. The molecule has 1 N–H and O–H groups in total. The number of nitrogens with zero attached hydrogens (tertiary/aromatic N) is 1. The second kappa shape index (κ2) is 6.92. The Hall–Kier alpha value is -0.580. The molecule has 4 heteroatoms. The Labute approximate surface area is 129 Å². The molecule has 1 saturated carbocycles. The lowest BCUT2D eigenvalue weighted by atomic mass is 9.86. The highest BCUT2D eigenvalue weighted by atomic mass is 79.9. The summed E-state index contributed by atoms with van der Waals surface area (Å²) >= 11 is 3.61. The van der Waals surface area contributed by atoms with Gasteiger partial charge in [0.15, 0.2) is 0 Å². The van der Waals surface area contributed by atoms with Crippen molar-refractivity contribution in [3.05, 3.63) is 28.2 Å². The van der Waals surface area contributed by atoms with E-state index in [9.17, 15) is 0 Å². The van der Waals surface area contributed by atoms with Gasteiger partial charge < -0.3 is 10.1 Å². The Kier molecular flexibility index (Phi) is 4.97. The molecule has 110 valence electrons. The lowest BCUT2D eigenvalue weighted by Gasteiger charge is -2.28. The molecule has 1 saturated heterocycles. The minimum atomic E-state index is 0.783. The molecule has 2 aliphatic rings. The number of hydrogen-bond donors (Lipinski definition) is 1. The number of hydrogen-bond acceptors (Lipinski definition) is 3. The van der Waals surface area contributed by atoms with Crippen LogP contribution in [0.3, 0.4) is 0 Å². The largest absolute Gasteiger partial charge is 0.493 e. The van der Waals surface area contributed by atoms with E-state index in [1.54, 1.807) is 0 Å². The maximum absolute atomic E-state index is 5.96. The Morgan fingerprint density at radius 2 is 2.00 bits per heavy atom. The monoisotopic (exact) mass is 338 g/mol. The van der Waals surface area contributed by atoms with E-state index >= 15 is 0 Å². The molecule has 0 bridgehead atoms. The average Bonchev–Trinajstić information content (AvgIpc) is 2.37. The van der Waals surface area contributed by atoms with Crippen LogP contribution in [-0.4, -0.2) is 37.7 Å². The SMILES string of the molecule is Brc1cc(CN2CCNCC2)cc(OCC2CCC2)c1. The molecule has 1 aromatic rings. The van der Waals surface area contributed by atoms with Crippen LogP contribution in [0.2, 0.25) is 0 Å². The molecule has 0 unspecified atom stereocenters. The van der Waals surface area contributed by atoms with Crippen LogP contribution < -0.4 is 10.1 Å². The first-order valence-electron chi connectivity index (χ1n) is 7.65. The normalized spacial score (nSPS) is 20.6. The average molecular weight is 339 g/mol. The molecule has 0 spiro atoms. The van der Waals surface area contributed by atoms with E-state index in [0.717, 1.165) is 55.5 Å². The number of nitrogens with one attached hydrogen (secondary N) is 1. The van der Waals surface area contributed by atoms with Crippen molar-refractivity contribution >= 4 is 15.9 Å². The summed E-state index contributed by atoms with van der Waals surface area (Å²) in [7, 11) is 0. The number of benzene rings is 1. The molecule has 0 radical (unpaired) electrons. The van der Waals surface area contributed by atoms with Crippen LogP contribution >= 0.6 is 15.9 Å². The van der Waals surface area contributed by atoms with Gasteiger partial charge in [-0.1, -0.05) is 22.4 Å². The first kappa shape index (κ1) is 14.4. The number of rotatable bonds is 5. The van der Waals surface area contributed by atoms with Crippen LogP contribution in [0, 0.1) is 5.92 Å². The highest BCUT2D eigenvalue weighted by Crippen LogP contribution is 2.28. The number of piperazine rings is 1. The van der Waals surface area contributed by atoms with Gasteiger partial charge >= 0.3 is 0 Å². The van der Waals surface area contributed by atoms with Crippen LogP contribution in [-0.2, 0) is 6.54 Å². The second-order valence-corrected chi connectivity index (χ2v) is 6.84. The zero-order chi connectivity index (χ0) is 13.8. The van der Waals surface area contributed by atoms with Crippen molar-refractivity contribution in [3.63, 3.8) is 0 Å². The molecular weight excluding hydrogens is 316 g/mol. The maximum atomic E-state index is 5.96. The molecule has 2 fully saturated rings. The first-order chi connectivity index (χ1) is 9.79. The van der Waals surface area contributed by atoms with Gasteiger partial charge in [0.1, 0.15) is 5.75 Å². The Morgan fingerprint density at radius 1 is 1.20 bits per heavy atom. The minimum absolute atomic E-state index is 0.783. The Morgan fingerprint density at radius 3 is 2.70 bits per heavy atom. The molecule has 0 aromatic heterocycles. The molecule has 3 rings (SSSR count). The topological polar surface area (TPSA) is 24.5 Å². The van der Waals surface area contributed by atoms with Crippen molar-refractivity contribution in [3.8, 4) is 5.75 Å². The van der Waals surface area contributed by atoms with E-state index in [0.29, 0.717) is 0 Å². The van der Waals surface area contributed by atoms with Gasteiger partial charge in [0.2, 0.25) is 0 Å². The summed E-state index contributed by atoms with van der Waals surface area (Å²) in [4.78, 5) is 2.49. The van der Waals surface area contributed by atoms with Crippen LogP contribution in [0.25, 0.3) is 0 Å². The van der Waals surface area contributed by atoms with Crippen LogP contribution in [0.1, 0.15) is 24.8 Å². The van der Waals surface area contributed by atoms with Crippen molar-refractivity contribution in [2.75, 3.05) is 32.8 Å². The lowest BCUT2D eigenvalue weighted by Crippen LogP contribution is -2.42. The van der Waals surface area contributed by atoms with Crippen molar-refractivity contribution in [1.29, 1.82) is 0 Å². The van der Waals surface area contributed by atoms with Gasteiger partial charge in [-0.3, -0.25) is 4.90 Å². The predicted octanol–water partition coefficient (Wildman–Crippen LogP) is 3.03. The van der Waals surface area contributed by atoms with Gasteiger partial charge in [0.05, 0.1) is 6.61 Å². The summed E-state index contributed by atoms with van der Waals surface area (Å²) in [6, 6.07) is 6.49. The van der Waals surface area contributed by atoms with E-state index in [1.165, 1.54) is 24.8 Å². The Bertz CT molecular complexity index is 442. The van der Waals surface area contributed by atoms with Crippen molar-refractivity contribution < 1.29 is 4.74 Å². The summed E-state index contributed by atoms with van der Waals surface area (Å²) in [6.07, 6.45) is 4.05. The van der Waals surface area contributed by atoms with Crippen molar-refractivity contribution in [1.82, 2.24) is 10.2 Å². The van der Waals surface area contributed by atoms with Crippen LogP contribution in [0.15, 0.2) is 22.7 Å². The second-order valence-electron chi connectivity index (χ2n) is 5.93. The van der Waals surface area contributed by atoms with E-state index in [4.69, 9.17) is 4.74 Å². The molecule has 1 heterocycles. The molecule has 20 heavy (non-hydrogen) atoms. The van der Waals surface area contributed by atoms with Crippen LogP contribution in [0.4, 0.5) is 0 Å². The third-order valence-corrected chi connectivity index (χ3v) is 4.72. The van der Waals surface area contributed by atoms with Gasteiger partial charge in [-0.2, -0.15) is 0 Å². The Balaban J connectivity index is 1.59. The van der Waals surface area contributed by atoms with E-state index in [-0.39, 0.29) is 0 Å². The number of ether oxygens (including phenoxy) is 1. The fraction of sp³-hybridized carbons (Fsp3) is 0.625. The summed E-state index contributed by atoms with van der Waals surface area (Å²) in [6.45, 7) is 6.35. The standard InChI is InChI=1S/C16H23BrN2O/c17-15-8-14(11-19-6-4-18-5-7-19)9-16(10-15)20-12-13-2-1-3-13/h8-10,13,18H,1-7,11-12H2. The zero-order valence-corrected chi connectivity index (χ0v) is 13.5. The fourth-order valence-electron chi connectivity index (χ4n) is 2.80. The quantitative estimate of drug-likeness (QED) is 0.892. The maximum Gasteiger partial charge on any atom is 0.120 e. The molecule has 0 atom stereocenters. The summed E-state index contributed by atoms with van der Waals surface area (Å²) < 4.78 is 7.08. The van der Waals surface area contributed by atoms with Gasteiger partial charge in [0.25, 0.3) is 0 Å². The van der Waals surface area contributed by atoms with Crippen molar-refractivity contribution in [2.24, 2.45) is 5.92 Å². The van der Waals surface area contributed by atoms with E-state index in [1.807, 2.05) is 0 Å². The van der Waals surface area contributed by atoms with Gasteiger partial charge in [0, 0.05) is 37.2 Å². The third kappa shape index (κ3) is 3.96. The smallest absolute Gasteiger partial charge is 0.120 e. The molecule has 1 aromatic carbocycles. The molecule has 1 aliphatic heterocycles. The van der Waals surface area contributed by atoms with E-state index < -0.39 is 0 Å². The predicted molar refractivity (Wildman–Crippen MR) is 85.1 cm³/mol. The third-order valence-electron chi connectivity index (χ3n) is 4.26. The highest BCUT2D eigenvalue weighted by Gasteiger charge is 2.18. The summed E-state index contributed by atoms with van der Waals surface area (Å²) in [5, 5.41) is 3.39.